The Hall–Kier alpha value is -3.59. The van der Waals surface area contributed by atoms with Gasteiger partial charge in [-0.15, -0.1) is 0 Å². The van der Waals surface area contributed by atoms with Crippen molar-refractivity contribution in [3.8, 4) is 5.75 Å². The Morgan fingerprint density at radius 2 is 1.34 bits per heavy atom. The lowest BCUT2D eigenvalue weighted by Crippen LogP contribution is -2.13. The fraction of sp³-hybridized carbons (Fsp3) is 0.115. The largest absolute Gasteiger partial charge is 0.480 e. The first kappa shape index (κ1) is 18.8. The Kier molecular flexibility index (Phi) is 5.57. The van der Waals surface area contributed by atoms with Gasteiger partial charge in [-0.1, -0.05) is 91.0 Å². The fourth-order valence-electron chi connectivity index (χ4n) is 3.47. The third kappa shape index (κ3) is 3.99. The Bertz CT molecular complexity index is 1070. The van der Waals surface area contributed by atoms with Gasteiger partial charge < -0.3 is 9.47 Å². The van der Waals surface area contributed by atoms with Crippen molar-refractivity contribution in [2.45, 2.75) is 13.0 Å². The van der Waals surface area contributed by atoms with Crippen LogP contribution < -0.4 is 4.74 Å². The van der Waals surface area contributed by atoms with E-state index in [1.165, 1.54) is 0 Å². The molecule has 29 heavy (non-hydrogen) atoms. The first-order valence-corrected chi connectivity index (χ1v) is 9.73. The summed E-state index contributed by atoms with van der Waals surface area (Å²) >= 11 is 0. The lowest BCUT2D eigenvalue weighted by atomic mass is 10.00. The molecule has 144 valence electrons. The van der Waals surface area contributed by atoms with Gasteiger partial charge in [-0.05, 0) is 34.9 Å². The number of hydrogen-bond acceptors (Lipinski definition) is 3. The molecule has 0 unspecified atom stereocenters. The van der Waals surface area contributed by atoms with Crippen LogP contribution in [0, 0.1) is 0 Å². The highest BCUT2D eigenvalue weighted by molar-refractivity contribution is 6.07. The van der Waals surface area contributed by atoms with E-state index in [1.54, 1.807) is 6.92 Å². The molecule has 0 saturated carbocycles. The van der Waals surface area contributed by atoms with Gasteiger partial charge >= 0.3 is 5.97 Å². The molecule has 4 rings (SSSR count). The van der Waals surface area contributed by atoms with Crippen LogP contribution in [-0.4, -0.2) is 12.6 Å². The molecule has 0 aliphatic rings. The molecule has 0 heterocycles. The Balaban J connectivity index is 1.84. The monoisotopic (exact) mass is 382 g/mol. The van der Waals surface area contributed by atoms with Crippen LogP contribution in [0.15, 0.2) is 97.1 Å². The van der Waals surface area contributed by atoms with Gasteiger partial charge in [-0.3, -0.25) is 0 Å². The molecule has 0 bridgehead atoms. The van der Waals surface area contributed by atoms with E-state index in [2.05, 4.69) is 0 Å². The number of ether oxygens (including phenoxy) is 2. The summed E-state index contributed by atoms with van der Waals surface area (Å²) in [5.74, 6) is 0.138. The zero-order valence-electron chi connectivity index (χ0n) is 16.2. The third-order valence-corrected chi connectivity index (χ3v) is 4.82. The standard InChI is InChI=1S/C26H22O3/c1-2-28-26(27)24-22-16-10-9-11-19(22)17-18-23(24)29-25(20-12-5-3-6-13-20)21-14-7-4-8-15-21/h3-18,25H,2H2,1H3. The third-order valence-electron chi connectivity index (χ3n) is 4.82. The van der Waals surface area contributed by atoms with Crippen LogP contribution in [-0.2, 0) is 4.74 Å². The van der Waals surface area contributed by atoms with E-state index in [9.17, 15) is 4.79 Å². The van der Waals surface area contributed by atoms with E-state index in [-0.39, 0.29) is 12.1 Å². The number of esters is 1. The molecule has 0 aliphatic heterocycles. The van der Waals surface area contributed by atoms with E-state index in [4.69, 9.17) is 9.47 Å². The van der Waals surface area contributed by atoms with Gasteiger partial charge in [0.2, 0.25) is 0 Å². The average Bonchev–Trinajstić information content (AvgIpc) is 2.78. The molecule has 0 aromatic heterocycles. The zero-order chi connectivity index (χ0) is 20.1. The summed E-state index contributed by atoms with van der Waals surface area (Å²) in [5, 5.41) is 1.79. The van der Waals surface area contributed by atoms with Crippen LogP contribution in [0.4, 0.5) is 0 Å². The molecule has 4 aromatic carbocycles. The highest BCUT2D eigenvalue weighted by atomic mass is 16.5. The predicted molar refractivity (Wildman–Crippen MR) is 115 cm³/mol. The quantitative estimate of drug-likeness (QED) is 0.373. The minimum absolute atomic E-state index is 0.308. The number of fused-ring (bicyclic) bond motifs is 1. The van der Waals surface area contributed by atoms with Crippen molar-refractivity contribution in [1.82, 2.24) is 0 Å². The summed E-state index contributed by atoms with van der Waals surface area (Å²) in [6, 6.07) is 31.6. The maximum Gasteiger partial charge on any atom is 0.342 e. The second-order valence-electron chi connectivity index (χ2n) is 6.70. The normalized spacial score (nSPS) is 10.8. The van der Waals surface area contributed by atoms with Crippen LogP contribution >= 0.6 is 0 Å². The fourth-order valence-corrected chi connectivity index (χ4v) is 3.47. The maximum absolute atomic E-state index is 12.8. The van der Waals surface area contributed by atoms with E-state index in [0.29, 0.717) is 17.9 Å². The molecular weight excluding hydrogens is 360 g/mol. The molecule has 0 aliphatic carbocycles. The van der Waals surface area contributed by atoms with Gasteiger partial charge in [-0.2, -0.15) is 0 Å². The number of rotatable bonds is 6. The molecule has 0 N–H and O–H groups in total. The summed E-state index contributed by atoms with van der Waals surface area (Å²) in [7, 11) is 0. The van der Waals surface area contributed by atoms with Crippen molar-refractivity contribution in [3.63, 3.8) is 0 Å². The van der Waals surface area contributed by atoms with E-state index in [0.717, 1.165) is 21.9 Å². The van der Waals surface area contributed by atoms with Crippen molar-refractivity contribution in [2.75, 3.05) is 6.61 Å². The topological polar surface area (TPSA) is 35.5 Å². The minimum atomic E-state index is -0.376. The summed E-state index contributed by atoms with van der Waals surface area (Å²) < 4.78 is 11.8. The Labute approximate surface area is 170 Å². The minimum Gasteiger partial charge on any atom is -0.480 e. The second kappa shape index (κ2) is 8.61. The van der Waals surface area contributed by atoms with Crippen molar-refractivity contribution in [1.29, 1.82) is 0 Å². The second-order valence-corrected chi connectivity index (χ2v) is 6.70. The summed E-state index contributed by atoms with van der Waals surface area (Å²) in [6.07, 6.45) is -0.341. The van der Waals surface area contributed by atoms with Gasteiger partial charge in [-0.25, -0.2) is 4.79 Å². The van der Waals surface area contributed by atoms with Gasteiger partial charge in [0.05, 0.1) is 6.61 Å². The van der Waals surface area contributed by atoms with E-state index < -0.39 is 0 Å². The number of carbonyl (C=O) groups excluding carboxylic acids is 1. The molecule has 0 saturated heterocycles. The molecule has 0 fully saturated rings. The van der Waals surface area contributed by atoms with Gasteiger partial charge in [0, 0.05) is 0 Å². The van der Waals surface area contributed by atoms with Crippen LogP contribution in [0.1, 0.15) is 34.5 Å². The molecule has 3 heteroatoms. The lowest BCUT2D eigenvalue weighted by molar-refractivity contribution is 0.0522. The molecular formula is C26H22O3. The average molecular weight is 382 g/mol. The number of carbonyl (C=O) groups is 1. The van der Waals surface area contributed by atoms with Gasteiger partial charge in [0.1, 0.15) is 17.4 Å². The van der Waals surface area contributed by atoms with Crippen molar-refractivity contribution < 1.29 is 14.3 Å². The number of hydrogen-bond donors (Lipinski definition) is 0. The molecule has 3 nitrogen and oxygen atoms in total. The summed E-state index contributed by atoms with van der Waals surface area (Å²) in [6.45, 7) is 2.11. The maximum atomic E-state index is 12.8. The van der Waals surface area contributed by atoms with Crippen molar-refractivity contribution in [2.24, 2.45) is 0 Å². The van der Waals surface area contributed by atoms with Gasteiger partial charge in [0.15, 0.2) is 0 Å². The predicted octanol–water partition coefficient (Wildman–Crippen LogP) is 6.18. The zero-order valence-corrected chi connectivity index (χ0v) is 16.2. The molecule has 0 atom stereocenters. The van der Waals surface area contributed by atoms with Crippen LogP contribution in [0.25, 0.3) is 10.8 Å². The van der Waals surface area contributed by atoms with Crippen LogP contribution in [0.3, 0.4) is 0 Å². The van der Waals surface area contributed by atoms with Crippen molar-refractivity contribution >= 4 is 16.7 Å². The first-order valence-electron chi connectivity index (χ1n) is 9.73. The Morgan fingerprint density at radius 3 is 1.97 bits per heavy atom. The molecule has 4 aromatic rings. The summed E-state index contributed by atoms with van der Waals surface area (Å²) in [4.78, 5) is 12.8. The first-order chi connectivity index (χ1) is 14.3. The van der Waals surface area contributed by atoms with Gasteiger partial charge in [0.25, 0.3) is 0 Å². The van der Waals surface area contributed by atoms with E-state index in [1.807, 2.05) is 97.1 Å². The lowest BCUT2D eigenvalue weighted by Gasteiger charge is -2.22. The highest BCUT2D eigenvalue weighted by Crippen LogP contribution is 2.34. The molecule has 0 radical (unpaired) electrons. The molecule has 0 amide bonds. The SMILES string of the molecule is CCOC(=O)c1c(OC(c2ccccc2)c2ccccc2)ccc2ccccc12. The number of benzene rings is 4. The highest BCUT2D eigenvalue weighted by Gasteiger charge is 2.22. The van der Waals surface area contributed by atoms with Crippen LogP contribution in [0.5, 0.6) is 5.75 Å². The van der Waals surface area contributed by atoms with E-state index >= 15 is 0 Å². The Morgan fingerprint density at radius 1 is 0.759 bits per heavy atom. The van der Waals surface area contributed by atoms with Crippen molar-refractivity contribution in [3.05, 3.63) is 114 Å². The molecule has 0 spiro atoms. The smallest absolute Gasteiger partial charge is 0.342 e. The summed E-state index contributed by atoms with van der Waals surface area (Å²) in [5.41, 5.74) is 2.49. The van der Waals surface area contributed by atoms with Crippen LogP contribution in [0.2, 0.25) is 0 Å².